The third-order valence-corrected chi connectivity index (χ3v) is 4.01. The lowest BCUT2D eigenvalue weighted by atomic mass is 10.1. The number of hydrogen-bond donors (Lipinski definition) is 1. The molecule has 0 atom stereocenters. The van der Waals surface area contributed by atoms with Gasteiger partial charge in [0.15, 0.2) is 0 Å². The molecule has 0 saturated carbocycles. The van der Waals surface area contributed by atoms with Crippen molar-refractivity contribution in [1.82, 2.24) is 9.88 Å². The molecule has 1 aromatic carbocycles. The number of fused-ring (bicyclic) bond motifs is 1. The number of halogens is 1. The molecule has 4 heteroatoms. The van der Waals surface area contributed by atoms with Crippen LogP contribution in [0.15, 0.2) is 41.0 Å². The number of aromatic nitrogens is 1. The second-order valence-electron chi connectivity index (χ2n) is 4.78. The third-order valence-electron chi connectivity index (χ3n) is 3.48. The van der Waals surface area contributed by atoms with Crippen molar-refractivity contribution in [2.75, 3.05) is 6.54 Å². The molecule has 0 amide bonds. The highest BCUT2D eigenvalue weighted by Gasteiger charge is 2.17. The first kappa shape index (κ1) is 12.6. The van der Waals surface area contributed by atoms with Gasteiger partial charge in [0.05, 0.1) is 6.42 Å². The minimum atomic E-state index is 0.144. The summed E-state index contributed by atoms with van der Waals surface area (Å²) in [7, 11) is 0. The van der Waals surface area contributed by atoms with E-state index >= 15 is 0 Å². The molecule has 1 aromatic heterocycles. The lowest BCUT2D eigenvalue weighted by Gasteiger charge is -2.16. The summed E-state index contributed by atoms with van der Waals surface area (Å²) in [5, 5.41) is 3.32. The molecule has 0 bridgehead atoms. The molecule has 19 heavy (non-hydrogen) atoms. The number of carbonyl (C=O) groups is 1. The molecule has 1 aliphatic heterocycles. The Kier molecular flexibility index (Phi) is 3.53. The molecular formula is C15H15BrN2O. The molecule has 1 N–H and O–H groups in total. The van der Waals surface area contributed by atoms with Crippen LogP contribution in [0.2, 0.25) is 0 Å². The summed E-state index contributed by atoms with van der Waals surface area (Å²) in [6, 6.07) is 9.95. The molecule has 0 fully saturated rings. The first-order valence-corrected chi connectivity index (χ1v) is 7.21. The highest BCUT2D eigenvalue weighted by Crippen LogP contribution is 2.17. The van der Waals surface area contributed by atoms with Gasteiger partial charge in [-0.05, 0) is 29.3 Å². The van der Waals surface area contributed by atoms with Crippen LogP contribution < -0.4 is 5.32 Å². The predicted octanol–water partition coefficient (Wildman–Crippen LogP) is 2.78. The molecule has 0 unspecified atom stereocenters. The Bertz CT molecular complexity index is 601. The van der Waals surface area contributed by atoms with Crippen molar-refractivity contribution in [2.24, 2.45) is 0 Å². The minimum Gasteiger partial charge on any atom is -0.312 e. The molecule has 3 nitrogen and oxygen atoms in total. The smallest absolute Gasteiger partial charge is 0.235 e. The Balaban J connectivity index is 1.80. The molecule has 1 aliphatic rings. The fraction of sp³-hybridized carbons (Fsp3) is 0.267. The minimum absolute atomic E-state index is 0.144. The first-order chi connectivity index (χ1) is 9.24. The number of hydrogen-bond acceptors (Lipinski definition) is 2. The average Bonchev–Trinajstić information content (AvgIpc) is 2.85. The van der Waals surface area contributed by atoms with Crippen molar-refractivity contribution in [3.8, 4) is 0 Å². The van der Waals surface area contributed by atoms with Gasteiger partial charge in [0.1, 0.15) is 0 Å². The van der Waals surface area contributed by atoms with Crippen LogP contribution in [-0.2, 0) is 19.4 Å². The van der Waals surface area contributed by atoms with E-state index < -0.39 is 0 Å². The Morgan fingerprint density at radius 1 is 1.26 bits per heavy atom. The van der Waals surface area contributed by atoms with Crippen LogP contribution in [0.1, 0.15) is 21.6 Å². The standard InChI is InChI=1S/C15H15BrN2O/c16-13-3-1-11(2-4-13)9-15(19)18-8-6-12-10-17-7-5-14(12)18/h1-4,6,8,17H,5,7,9-10H2. The number of benzene rings is 1. The van der Waals surface area contributed by atoms with Gasteiger partial charge in [-0.15, -0.1) is 0 Å². The van der Waals surface area contributed by atoms with Crippen LogP contribution in [-0.4, -0.2) is 17.0 Å². The topological polar surface area (TPSA) is 34.0 Å². The largest absolute Gasteiger partial charge is 0.312 e. The van der Waals surface area contributed by atoms with Gasteiger partial charge in [0, 0.05) is 35.9 Å². The van der Waals surface area contributed by atoms with E-state index in [-0.39, 0.29) is 5.91 Å². The monoisotopic (exact) mass is 318 g/mol. The number of rotatable bonds is 2. The number of carbonyl (C=O) groups excluding carboxylic acids is 1. The van der Waals surface area contributed by atoms with E-state index in [9.17, 15) is 4.79 Å². The predicted molar refractivity (Wildman–Crippen MR) is 78.3 cm³/mol. The van der Waals surface area contributed by atoms with Gasteiger partial charge in [-0.25, -0.2) is 0 Å². The summed E-state index contributed by atoms with van der Waals surface area (Å²) >= 11 is 3.40. The number of nitrogens with zero attached hydrogens (tertiary/aromatic N) is 1. The van der Waals surface area contributed by atoms with Crippen LogP contribution in [0.5, 0.6) is 0 Å². The van der Waals surface area contributed by atoms with E-state index in [1.165, 1.54) is 11.3 Å². The number of nitrogens with one attached hydrogen (secondary N) is 1. The fourth-order valence-electron chi connectivity index (χ4n) is 2.47. The molecule has 2 heterocycles. The van der Waals surface area contributed by atoms with Crippen LogP contribution in [0, 0.1) is 0 Å². The summed E-state index contributed by atoms with van der Waals surface area (Å²) in [6.45, 7) is 1.82. The summed E-state index contributed by atoms with van der Waals surface area (Å²) in [6.07, 6.45) is 3.27. The maximum Gasteiger partial charge on any atom is 0.235 e. The lowest BCUT2D eigenvalue weighted by molar-refractivity contribution is 0.0911. The zero-order chi connectivity index (χ0) is 13.2. The first-order valence-electron chi connectivity index (χ1n) is 6.41. The van der Waals surface area contributed by atoms with Gasteiger partial charge in [-0.1, -0.05) is 28.1 Å². The SMILES string of the molecule is O=C(Cc1ccc(Br)cc1)n1ccc2c1CCNC2. The average molecular weight is 319 g/mol. The zero-order valence-corrected chi connectivity index (χ0v) is 12.1. The summed E-state index contributed by atoms with van der Waals surface area (Å²) in [5.41, 5.74) is 3.46. The second-order valence-corrected chi connectivity index (χ2v) is 5.70. The van der Waals surface area contributed by atoms with Crippen molar-refractivity contribution >= 4 is 21.8 Å². The van der Waals surface area contributed by atoms with E-state index in [0.29, 0.717) is 6.42 Å². The van der Waals surface area contributed by atoms with Crippen molar-refractivity contribution < 1.29 is 4.79 Å². The van der Waals surface area contributed by atoms with Crippen LogP contribution in [0.4, 0.5) is 0 Å². The van der Waals surface area contributed by atoms with E-state index in [1.807, 2.05) is 41.1 Å². The second kappa shape index (κ2) is 5.31. The van der Waals surface area contributed by atoms with E-state index in [2.05, 4.69) is 21.2 Å². The molecule has 0 spiro atoms. The highest BCUT2D eigenvalue weighted by atomic mass is 79.9. The van der Waals surface area contributed by atoms with Crippen LogP contribution in [0.3, 0.4) is 0 Å². The fourth-order valence-corrected chi connectivity index (χ4v) is 2.74. The normalized spacial score (nSPS) is 14.2. The van der Waals surface area contributed by atoms with Crippen molar-refractivity contribution in [2.45, 2.75) is 19.4 Å². The molecule has 0 saturated heterocycles. The van der Waals surface area contributed by atoms with Crippen molar-refractivity contribution in [1.29, 1.82) is 0 Å². The lowest BCUT2D eigenvalue weighted by Crippen LogP contribution is -2.26. The van der Waals surface area contributed by atoms with E-state index in [1.54, 1.807) is 0 Å². The van der Waals surface area contributed by atoms with E-state index in [0.717, 1.165) is 29.5 Å². The maximum atomic E-state index is 12.4. The summed E-state index contributed by atoms with van der Waals surface area (Å²) in [5.74, 6) is 0.144. The maximum absolute atomic E-state index is 12.4. The Morgan fingerprint density at radius 2 is 2.05 bits per heavy atom. The molecule has 3 rings (SSSR count). The van der Waals surface area contributed by atoms with Crippen molar-refractivity contribution in [3.05, 3.63) is 57.8 Å². The molecular weight excluding hydrogens is 304 g/mol. The molecule has 0 radical (unpaired) electrons. The highest BCUT2D eigenvalue weighted by molar-refractivity contribution is 9.10. The van der Waals surface area contributed by atoms with Gasteiger partial charge in [-0.3, -0.25) is 9.36 Å². The summed E-state index contributed by atoms with van der Waals surface area (Å²) in [4.78, 5) is 12.4. The van der Waals surface area contributed by atoms with Gasteiger partial charge >= 0.3 is 0 Å². The van der Waals surface area contributed by atoms with Crippen LogP contribution >= 0.6 is 15.9 Å². The molecule has 98 valence electrons. The zero-order valence-electron chi connectivity index (χ0n) is 10.5. The van der Waals surface area contributed by atoms with Gasteiger partial charge in [-0.2, -0.15) is 0 Å². The van der Waals surface area contributed by atoms with Gasteiger partial charge in [0.25, 0.3) is 0 Å². The van der Waals surface area contributed by atoms with Crippen molar-refractivity contribution in [3.63, 3.8) is 0 Å². The molecule has 0 aliphatic carbocycles. The Hall–Kier alpha value is -1.39. The summed E-state index contributed by atoms with van der Waals surface area (Å²) < 4.78 is 2.85. The quantitative estimate of drug-likeness (QED) is 0.923. The van der Waals surface area contributed by atoms with Gasteiger partial charge < -0.3 is 5.32 Å². The van der Waals surface area contributed by atoms with E-state index in [4.69, 9.17) is 0 Å². The molecule has 2 aromatic rings. The van der Waals surface area contributed by atoms with Gasteiger partial charge in [0.2, 0.25) is 5.91 Å². The third kappa shape index (κ3) is 2.65. The Morgan fingerprint density at radius 3 is 2.84 bits per heavy atom. The Labute approximate surface area is 120 Å². The van der Waals surface area contributed by atoms with Crippen LogP contribution in [0.25, 0.3) is 0 Å².